The maximum Gasteiger partial charge on any atom is 0.228 e. The predicted octanol–water partition coefficient (Wildman–Crippen LogP) is 1.68. The van der Waals surface area contributed by atoms with Gasteiger partial charge in [-0.05, 0) is 31.0 Å². The molecule has 0 aromatic heterocycles. The first-order valence-electron chi connectivity index (χ1n) is 7.57. The van der Waals surface area contributed by atoms with Crippen LogP contribution in [0.25, 0.3) is 0 Å². The van der Waals surface area contributed by atoms with E-state index in [-0.39, 0.29) is 30.3 Å². The third-order valence-corrected chi connectivity index (χ3v) is 4.61. The predicted molar refractivity (Wildman–Crippen MR) is 83.7 cm³/mol. The molecule has 0 saturated carbocycles. The monoisotopic (exact) mass is 322 g/mol. The van der Waals surface area contributed by atoms with E-state index < -0.39 is 0 Å². The van der Waals surface area contributed by atoms with Gasteiger partial charge in [0, 0.05) is 36.8 Å². The fraction of sp³-hybridized carbons (Fsp3) is 0.500. The molecule has 2 heterocycles. The Kier molecular flexibility index (Phi) is 4.36. The second kappa shape index (κ2) is 6.26. The van der Waals surface area contributed by atoms with Gasteiger partial charge in [-0.15, -0.1) is 0 Å². The van der Waals surface area contributed by atoms with E-state index in [9.17, 15) is 14.7 Å². The summed E-state index contributed by atoms with van der Waals surface area (Å²) in [5, 5.41) is 10.1. The van der Waals surface area contributed by atoms with E-state index in [1.165, 1.54) is 0 Å². The summed E-state index contributed by atoms with van der Waals surface area (Å²) in [5.41, 5.74) is 0.738. The van der Waals surface area contributed by atoms with Crippen molar-refractivity contribution in [3.63, 3.8) is 0 Å². The zero-order chi connectivity index (χ0) is 15.7. The van der Waals surface area contributed by atoms with Crippen molar-refractivity contribution >= 4 is 29.1 Å². The van der Waals surface area contributed by atoms with E-state index in [1.807, 2.05) is 6.07 Å². The molecule has 0 bridgehead atoms. The van der Waals surface area contributed by atoms with Gasteiger partial charge in [0.05, 0.1) is 12.0 Å². The zero-order valence-electron chi connectivity index (χ0n) is 12.2. The van der Waals surface area contributed by atoms with E-state index in [2.05, 4.69) is 0 Å². The summed E-state index contributed by atoms with van der Waals surface area (Å²) in [6, 6.07) is 7.12. The van der Waals surface area contributed by atoms with Crippen LogP contribution >= 0.6 is 11.6 Å². The third kappa shape index (κ3) is 3.10. The van der Waals surface area contributed by atoms with E-state index in [1.54, 1.807) is 28.0 Å². The van der Waals surface area contributed by atoms with Crippen LogP contribution in [-0.4, -0.2) is 47.6 Å². The fourth-order valence-corrected chi connectivity index (χ4v) is 3.30. The Morgan fingerprint density at radius 1 is 1.27 bits per heavy atom. The molecule has 2 fully saturated rings. The van der Waals surface area contributed by atoms with Crippen molar-refractivity contribution in [2.75, 3.05) is 24.5 Å². The largest absolute Gasteiger partial charge is 0.393 e. The molecule has 2 saturated heterocycles. The summed E-state index contributed by atoms with van der Waals surface area (Å²) >= 11 is 5.97. The number of likely N-dealkylation sites (tertiary alicyclic amines) is 1. The minimum atomic E-state index is -0.308. The van der Waals surface area contributed by atoms with Gasteiger partial charge in [-0.25, -0.2) is 0 Å². The molecule has 0 aliphatic carbocycles. The van der Waals surface area contributed by atoms with E-state index in [0.717, 1.165) is 5.69 Å². The summed E-state index contributed by atoms with van der Waals surface area (Å²) in [6.45, 7) is 1.54. The minimum absolute atomic E-state index is 0.0183. The van der Waals surface area contributed by atoms with Crippen molar-refractivity contribution in [3.05, 3.63) is 29.3 Å². The molecule has 6 heteroatoms. The molecule has 1 N–H and O–H groups in total. The molecule has 0 spiro atoms. The van der Waals surface area contributed by atoms with Crippen LogP contribution in [0.15, 0.2) is 24.3 Å². The van der Waals surface area contributed by atoms with Gasteiger partial charge in [-0.3, -0.25) is 9.59 Å². The summed E-state index contributed by atoms with van der Waals surface area (Å²) in [6.07, 6.45) is 1.16. The molecular formula is C16H19ClN2O3. The van der Waals surface area contributed by atoms with E-state index in [0.29, 0.717) is 37.5 Å². The first-order valence-corrected chi connectivity index (χ1v) is 7.95. The quantitative estimate of drug-likeness (QED) is 0.901. The van der Waals surface area contributed by atoms with Crippen molar-refractivity contribution in [2.24, 2.45) is 5.92 Å². The average molecular weight is 323 g/mol. The summed E-state index contributed by atoms with van der Waals surface area (Å²) < 4.78 is 0. The highest BCUT2D eigenvalue weighted by atomic mass is 35.5. The smallest absolute Gasteiger partial charge is 0.228 e. The van der Waals surface area contributed by atoms with Crippen LogP contribution in [0.1, 0.15) is 19.3 Å². The van der Waals surface area contributed by atoms with Gasteiger partial charge in [0.15, 0.2) is 0 Å². The highest BCUT2D eigenvalue weighted by molar-refractivity contribution is 6.30. The number of hydrogen-bond donors (Lipinski definition) is 1. The van der Waals surface area contributed by atoms with Crippen LogP contribution in [0.4, 0.5) is 5.69 Å². The molecule has 0 radical (unpaired) electrons. The number of aliphatic hydroxyl groups is 1. The van der Waals surface area contributed by atoms with E-state index >= 15 is 0 Å². The topological polar surface area (TPSA) is 60.9 Å². The van der Waals surface area contributed by atoms with Crippen LogP contribution in [0.2, 0.25) is 5.02 Å². The first-order chi connectivity index (χ1) is 10.5. The maximum atomic E-state index is 12.5. The number of carbonyl (C=O) groups is 2. The number of rotatable bonds is 2. The van der Waals surface area contributed by atoms with Crippen molar-refractivity contribution in [2.45, 2.75) is 25.4 Å². The average Bonchev–Trinajstić information content (AvgIpc) is 2.89. The summed E-state index contributed by atoms with van der Waals surface area (Å²) in [4.78, 5) is 28.1. The molecule has 5 nitrogen and oxygen atoms in total. The molecule has 1 aromatic carbocycles. The SMILES string of the molecule is O=C(C1CC(=O)N(c2cccc(Cl)c2)C1)N1CCC(O)CC1. The lowest BCUT2D eigenvalue weighted by Gasteiger charge is -2.31. The van der Waals surface area contributed by atoms with Gasteiger partial charge in [-0.1, -0.05) is 17.7 Å². The van der Waals surface area contributed by atoms with Crippen LogP contribution < -0.4 is 4.90 Å². The molecule has 3 rings (SSSR count). The number of amides is 2. The summed E-state index contributed by atoms with van der Waals surface area (Å²) in [5.74, 6) is -0.329. The van der Waals surface area contributed by atoms with E-state index in [4.69, 9.17) is 11.6 Å². The molecule has 22 heavy (non-hydrogen) atoms. The molecule has 1 atom stereocenters. The lowest BCUT2D eigenvalue weighted by molar-refractivity contribution is -0.137. The lowest BCUT2D eigenvalue weighted by Crippen LogP contribution is -2.43. The Balaban J connectivity index is 1.68. The number of halogens is 1. The number of nitrogens with zero attached hydrogens (tertiary/aromatic N) is 2. The lowest BCUT2D eigenvalue weighted by atomic mass is 10.0. The molecule has 1 unspecified atom stereocenters. The van der Waals surface area contributed by atoms with Crippen LogP contribution in [0.3, 0.4) is 0 Å². The van der Waals surface area contributed by atoms with Crippen LogP contribution in [0, 0.1) is 5.92 Å². The molecule has 1 aromatic rings. The molecular weight excluding hydrogens is 304 g/mol. The molecule has 2 aliphatic rings. The second-order valence-corrected chi connectivity index (χ2v) is 6.38. The van der Waals surface area contributed by atoms with Gasteiger partial charge in [-0.2, -0.15) is 0 Å². The van der Waals surface area contributed by atoms with Crippen molar-refractivity contribution < 1.29 is 14.7 Å². The Hall–Kier alpha value is -1.59. The Bertz CT molecular complexity index is 585. The number of hydrogen-bond acceptors (Lipinski definition) is 3. The van der Waals surface area contributed by atoms with Crippen LogP contribution in [-0.2, 0) is 9.59 Å². The van der Waals surface area contributed by atoms with Crippen molar-refractivity contribution in [1.29, 1.82) is 0 Å². The summed E-state index contributed by atoms with van der Waals surface area (Å²) in [7, 11) is 0. The van der Waals surface area contributed by atoms with Crippen LogP contribution in [0.5, 0.6) is 0 Å². The number of piperidine rings is 1. The number of benzene rings is 1. The van der Waals surface area contributed by atoms with Crippen molar-refractivity contribution in [1.82, 2.24) is 4.90 Å². The Morgan fingerprint density at radius 2 is 2.00 bits per heavy atom. The van der Waals surface area contributed by atoms with Gasteiger partial charge >= 0.3 is 0 Å². The molecule has 118 valence electrons. The van der Waals surface area contributed by atoms with Gasteiger partial charge in [0.25, 0.3) is 0 Å². The molecule has 2 amide bonds. The second-order valence-electron chi connectivity index (χ2n) is 5.94. The number of carbonyl (C=O) groups excluding carboxylic acids is 2. The van der Waals surface area contributed by atoms with Gasteiger partial charge in [0.2, 0.25) is 11.8 Å². The standard InChI is InChI=1S/C16H19ClN2O3/c17-12-2-1-3-13(9-12)19-10-11(8-15(19)21)16(22)18-6-4-14(20)5-7-18/h1-3,9,11,14,20H,4-8,10H2. The van der Waals surface area contributed by atoms with Gasteiger partial charge < -0.3 is 14.9 Å². The fourth-order valence-electron chi connectivity index (χ4n) is 3.11. The number of aliphatic hydroxyl groups excluding tert-OH is 1. The zero-order valence-corrected chi connectivity index (χ0v) is 13.0. The number of anilines is 1. The Morgan fingerprint density at radius 3 is 2.68 bits per heavy atom. The first kappa shape index (κ1) is 15.3. The normalized spacial score (nSPS) is 23.2. The minimum Gasteiger partial charge on any atom is -0.393 e. The maximum absolute atomic E-state index is 12.5. The third-order valence-electron chi connectivity index (χ3n) is 4.37. The highest BCUT2D eigenvalue weighted by Gasteiger charge is 2.37. The Labute approximate surface area is 134 Å². The van der Waals surface area contributed by atoms with Gasteiger partial charge in [0.1, 0.15) is 0 Å². The van der Waals surface area contributed by atoms with Crippen molar-refractivity contribution in [3.8, 4) is 0 Å². The highest BCUT2D eigenvalue weighted by Crippen LogP contribution is 2.28. The molecule has 2 aliphatic heterocycles.